The molecule has 0 aromatic heterocycles. The van der Waals surface area contributed by atoms with Gasteiger partial charge >= 0.3 is 0 Å². The first-order valence-electron chi connectivity index (χ1n) is 7.50. The number of nitrogens with one attached hydrogen (secondary N) is 1. The lowest BCUT2D eigenvalue weighted by atomic mass is 9.99. The van der Waals surface area contributed by atoms with E-state index < -0.39 is 29.5 Å². The molecule has 0 saturated heterocycles. The van der Waals surface area contributed by atoms with E-state index >= 15 is 0 Å². The van der Waals surface area contributed by atoms with Crippen molar-refractivity contribution in [2.75, 3.05) is 20.3 Å². The molecule has 0 aliphatic carbocycles. The summed E-state index contributed by atoms with van der Waals surface area (Å²) < 4.78 is 0. The quantitative estimate of drug-likeness (QED) is 0.0889. The summed E-state index contributed by atoms with van der Waals surface area (Å²) in [5, 5.41) is 12.5. The number of likely N-dealkylation sites (N-methyl/N-ethyl adjacent to an activating group) is 1. The number of aldehydes is 1. The fourth-order valence-corrected chi connectivity index (χ4v) is 2.48. The highest BCUT2D eigenvalue weighted by Gasteiger charge is 2.38. The van der Waals surface area contributed by atoms with E-state index in [2.05, 4.69) is 15.4 Å². The highest BCUT2D eigenvalue weighted by atomic mass is 17.0. The Balaban J connectivity index is 2.39. The third kappa shape index (κ3) is 3.70. The van der Waals surface area contributed by atoms with Crippen molar-refractivity contribution in [3.8, 4) is 0 Å². The second kappa shape index (κ2) is 8.09. The topological polar surface area (TPSA) is 204 Å². The first kappa shape index (κ1) is 20.2. The number of rotatable bonds is 7. The van der Waals surface area contributed by atoms with Crippen LogP contribution in [0.15, 0.2) is 17.2 Å². The van der Waals surface area contributed by atoms with Gasteiger partial charge < -0.3 is 16.2 Å². The molecule has 28 heavy (non-hydrogen) atoms. The van der Waals surface area contributed by atoms with Gasteiger partial charge in [-0.3, -0.25) is 24.0 Å². The van der Waals surface area contributed by atoms with Crippen molar-refractivity contribution >= 4 is 29.8 Å². The van der Waals surface area contributed by atoms with Crippen LogP contribution in [0.4, 0.5) is 0 Å². The molecule has 1 aromatic rings. The van der Waals surface area contributed by atoms with Crippen molar-refractivity contribution in [1.82, 2.24) is 15.2 Å². The van der Waals surface area contributed by atoms with Crippen LogP contribution in [0.5, 0.6) is 0 Å². The van der Waals surface area contributed by atoms with Gasteiger partial charge in [0, 0.05) is 12.6 Å². The lowest BCUT2D eigenvalue weighted by molar-refractivity contribution is -0.761. The van der Waals surface area contributed by atoms with Gasteiger partial charge in [0.25, 0.3) is 22.8 Å². The van der Waals surface area contributed by atoms with Gasteiger partial charge in [0.15, 0.2) is 18.9 Å². The second-order valence-electron chi connectivity index (χ2n) is 5.50. The number of nitrogens with zero attached hydrogens (tertiary/aromatic N) is 4. The number of imide groups is 1. The van der Waals surface area contributed by atoms with Crippen LogP contribution in [-0.2, 0) is 4.84 Å². The maximum Gasteiger partial charge on any atom is 0.296 e. The van der Waals surface area contributed by atoms with Crippen molar-refractivity contribution in [3.05, 3.63) is 44.5 Å². The van der Waals surface area contributed by atoms with Crippen molar-refractivity contribution in [2.24, 2.45) is 16.8 Å². The van der Waals surface area contributed by atoms with E-state index in [-0.39, 0.29) is 34.6 Å². The van der Waals surface area contributed by atoms with E-state index in [9.17, 15) is 29.3 Å². The van der Waals surface area contributed by atoms with Gasteiger partial charge in [-0.15, -0.1) is 10.1 Å². The molecule has 0 saturated carbocycles. The molecule has 1 aliphatic heterocycles. The maximum absolute atomic E-state index is 12.7. The monoisotopic (exact) mass is 393 g/mol. The molecule has 14 heteroatoms. The minimum Gasteiger partial charge on any atom is -0.334 e. The van der Waals surface area contributed by atoms with Crippen LogP contribution in [0.1, 0.15) is 41.4 Å². The molecular formula is C14H15N7O7. The Morgan fingerprint density at radius 1 is 1.39 bits per heavy atom. The molecule has 0 bridgehead atoms. The van der Waals surface area contributed by atoms with Gasteiger partial charge in [0.1, 0.15) is 0 Å². The van der Waals surface area contributed by atoms with Crippen molar-refractivity contribution < 1.29 is 29.1 Å². The highest BCUT2D eigenvalue weighted by Crippen LogP contribution is 2.26. The van der Waals surface area contributed by atoms with Gasteiger partial charge in [-0.1, -0.05) is 0 Å². The minimum absolute atomic E-state index is 0.0685. The molecule has 1 aliphatic rings. The Kier molecular flexibility index (Phi) is 5.85. The van der Waals surface area contributed by atoms with Crippen molar-refractivity contribution in [1.29, 1.82) is 0 Å². The maximum atomic E-state index is 12.7. The number of carbonyl (C=O) groups excluding carboxylic acids is 4. The number of carbonyl (C=O) groups is 4. The van der Waals surface area contributed by atoms with Gasteiger partial charge in [-0.2, -0.15) is 5.10 Å². The zero-order chi connectivity index (χ0) is 21.0. The van der Waals surface area contributed by atoms with E-state index in [0.29, 0.717) is 11.2 Å². The third-order valence-electron chi connectivity index (χ3n) is 3.85. The third-order valence-corrected chi connectivity index (χ3v) is 3.85. The molecule has 2 rings (SSSR count). The molecule has 5 N–H and O–H groups in total. The number of amidine groups is 1. The van der Waals surface area contributed by atoms with Crippen molar-refractivity contribution in [2.45, 2.75) is 0 Å². The predicted molar refractivity (Wildman–Crippen MR) is 91.2 cm³/mol. The Bertz CT molecular complexity index is 898. The van der Waals surface area contributed by atoms with Crippen LogP contribution in [0.25, 0.3) is 0 Å². The Labute approximate surface area is 156 Å². The summed E-state index contributed by atoms with van der Waals surface area (Å²) in [6.45, 7) is -1.05. The number of fused-ring (bicyclic) bond motifs is 1. The zero-order valence-electron chi connectivity index (χ0n) is 14.4. The summed E-state index contributed by atoms with van der Waals surface area (Å²) in [6, 6.07) is 2.13. The molecule has 1 heterocycles. The summed E-state index contributed by atoms with van der Waals surface area (Å²) >= 11 is 0. The molecule has 1 aromatic carbocycles. The van der Waals surface area contributed by atoms with Gasteiger partial charge in [-0.25, -0.2) is 10.7 Å². The van der Waals surface area contributed by atoms with Crippen LogP contribution in [0.2, 0.25) is 0 Å². The fraction of sp³-hybridized carbons (Fsp3) is 0.214. The summed E-state index contributed by atoms with van der Waals surface area (Å²) in [6.07, 6.45) is 0.342. The summed E-state index contributed by atoms with van der Waals surface area (Å²) in [7, 11) is 1.37. The van der Waals surface area contributed by atoms with Crippen molar-refractivity contribution in [3.63, 3.8) is 0 Å². The van der Waals surface area contributed by atoms with Crippen LogP contribution in [0.3, 0.4) is 0 Å². The lowest BCUT2D eigenvalue weighted by Gasteiger charge is -2.18. The van der Waals surface area contributed by atoms with Crippen LogP contribution in [0, 0.1) is 10.1 Å². The van der Waals surface area contributed by atoms with Crippen LogP contribution >= 0.6 is 0 Å². The number of hydrogen-bond acceptors (Lipinski definition) is 10. The SMILES string of the molecule is CN(C/C(=N/N)NN)C(=O)c1cc2c(cc1C=O)C(=O)N(CO[N+](=O)[O-])C2=O. The molecule has 0 unspecified atom stereocenters. The van der Waals surface area contributed by atoms with Crippen LogP contribution < -0.4 is 17.1 Å². The largest absolute Gasteiger partial charge is 0.334 e. The molecule has 148 valence electrons. The van der Waals surface area contributed by atoms with E-state index in [0.717, 1.165) is 17.0 Å². The average Bonchev–Trinajstić information content (AvgIpc) is 2.92. The number of amides is 3. The molecular weight excluding hydrogens is 378 g/mol. The van der Waals surface area contributed by atoms with Gasteiger partial charge in [-0.05, 0) is 12.1 Å². The summed E-state index contributed by atoms with van der Waals surface area (Å²) in [5.41, 5.74) is 1.51. The molecule has 0 spiro atoms. The zero-order valence-corrected chi connectivity index (χ0v) is 14.4. The Morgan fingerprint density at radius 2 is 2.00 bits per heavy atom. The lowest BCUT2D eigenvalue weighted by Crippen LogP contribution is -2.42. The summed E-state index contributed by atoms with van der Waals surface area (Å²) in [5.74, 6) is 7.90. The van der Waals surface area contributed by atoms with Crippen LogP contribution in [-0.4, -0.2) is 65.1 Å². The van der Waals surface area contributed by atoms with E-state index in [1.807, 2.05) is 0 Å². The molecule has 0 atom stereocenters. The number of nitrogens with two attached hydrogens (primary N) is 2. The average molecular weight is 393 g/mol. The minimum atomic E-state index is -1.16. The second-order valence-corrected chi connectivity index (χ2v) is 5.50. The standard InChI is InChI=1S/C14H15N7O7/c1-19(4-11(17-15)18-16)12(23)8-3-10-9(2-7(8)5-22)13(24)20(14(10)25)6-28-21(26)27/h2-3,5H,4,6,15-16H2,1H3,(H,17,18). The molecule has 14 nitrogen and oxygen atoms in total. The van der Waals surface area contributed by atoms with Gasteiger partial charge in [0.05, 0.1) is 23.2 Å². The number of hydrazine groups is 1. The first-order chi connectivity index (χ1) is 13.2. The fourth-order valence-electron chi connectivity index (χ4n) is 2.48. The highest BCUT2D eigenvalue weighted by molar-refractivity contribution is 6.22. The normalized spacial score (nSPS) is 13.2. The van der Waals surface area contributed by atoms with Gasteiger partial charge in [0.2, 0.25) is 0 Å². The Hall–Kier alpha value is -4.07. The molecule has 0 radical (unpaired) electrons. The predicted octanol–water partition coefficient (Wildman–Crippen LogP) is -1.93. The number of benzene rings is 1. The molecule has 3 amide bonds. The van der Waals surface area contributed by atoms with E-state index in [4.69, 9.17) is 11.7 Å². The van der Waals surface area contributed by atoms with E-state index in [1.54, 1.807) is 0 Å². The van der Waals surface area contributed by atoms with E-state index in [1.165, 1.54) is 7.05 Å². The number of hydrazone groups is 1. The Morgan fingerprint density at radius 3 is 2.50 bits per heavy atom. The number of hydrogen-bond donors (Lipinski definition) is 3. The summed E-state index contributed by atoms with van der Waals surface area (Å²) in [4.78, 5) is 64.6. The molecule has 0 fully saturated rings. The smallest absolute Gasteiger partial charge is 0.296 e. The first-order valence-corrected chi connectivity index (χ1v) is 7.50.